The smallest absolute Gasteiger partial charge is 0.303 e. The van der Waals surface area contributed by atoms with Crippen LogP contribution < -0.4 is 5.73 Å². The minimum atomic E-state index is -1.53. The lowest BCUT2D eigenvalue weighted by atomic mass is 9.97. The topological polar surface area (TPSA) is 167 Å². The van der Waals surface area contributed by atoms with E-state index in [0.717, 1.165) is 27.7 Å². The van der Waals surface area contributed by atoms with Crippen LogP contribution in [0.25, 0.3) is 0 Å². The Labute approximate surface area is 195 Å². The molecule has 1 heterocycles. The van der Waals surface area contributed by atoms with Crippen LogP contribution >= 0.6 is 0 Å². The van der Waals surface area contributed by atoms with Crippen molar-refractivity contribution in [2.45, 2.75) is 64.5 Å². The lowest BCUT2D eigenvalue weighted by Crippen LogP contribution is -2.63. The molecule has 0 aliphatic carbocycles. The molecule has 0 bridgehead atoms. The SMILES string of the molecule is CC(=O)OC[C@H]1O[C@@H](O[C@H](C(N)=O)c2ccccc2)[C@H](OC(C)=O)[C@@H](OC(C)=O)[C@H]1OC(C)=O. The molecule has 6 atom stereocenters. The van der Waals surface area contributed by atoms with Gasteiger partial charge in [0.2, 0.25) is 6.29 Å². The Morgan fingerprint density at radius 3 is 1.85 bits per heavy atom. The first kappa shape index (κ1) is 26.7. The highest BCUT2D eigenvalue weighted by Crippen LogP contribution is 2.32. The van der Waals surface area contributed by atoms with Crippen LogP contribution in [-0.2, 0) is 52.4 Å². The number of rotatable bonds is 9. The molecule has 1 aromatic rings. The Hall–Kier alpha value is -3.51. The molecule has 34 heavy (non-hydrogen) atoms. The second kappa shape index (κ2) is 12.1. The summed E-state index contributed by atoms with van der Waals surface area (Å²) in [7, 11) is 0. The highest BCUT2D eigenvalue weighted by atomic mass is 16.7. The molecular weight excluding hydrogens is 454 g/mol. The summed E-state index contributed by atoms with van der Waals surface area (Å²) in [5.74, 6) is -3.89. The first-order chi connectivity index (χ1) is 16.0. The van der Waals surface area contributed by atoms with Gasteiger partial charge >= 0.3 is 23.9 Å². The summed E-state index contributed by atoms with van der Waals surface area (Å²) >= 11 is 0. The zero-order valence-corrected chi connectivity index (χ0v) is 19.1. The monoisotopic (exact) mass is 481 g/mol. The van der Waals surface area contributed by atoms with E-state index in [1.807, 2.05) is 0 Å². The fourth-order valence-electron chi connectivity index (χ4n) is 3.37. The van der Waals surface area contributed by atoms with Crippen LogP contribution in [0, 0.1) is 0 Å². The first-order valence-electron chi connectivity index (χ1n) is 10.3. The first-order valence-corrected chi connectivity index (χ1v) is 10.3. The van der Waals surface area contributed by atoms with E-state index >= 15 is 0 Å². The van der Waals surface area contributed by atoms with E-state index in [1.165, 1.54) is 0 Å². The standard InChI is InChI=1S/C22H27NO11/c1-11(24)29-10-16-18(30-12(2)25)19(31-13(3)26)20(32-14(4)27)22(33-16)34-17(21(23)28)15-8-6-5-7-9-15/h5-9,16-20,22H,10H2,1-4H3,(H2,23,28)/t16-,17+,18+,19+,20-,22+/m1/s1. The predicted molar refractivity (Wildman–Crippen MR) is 111 cm³/mol. The van der Waals surface area contributed by atoms with Gasteiger partial charge in [-0.2, -0.15) is 0 Å². The number of carbonyl (C=O) groups is 5. The minimum Gasteiger partial charge on any atom is -0.463 e. The van der Waals surface area contributed by atoms with Crippen molar-refractivity contribution in [2.24, 2.45) is 5.73 Å². The van der Waals surface area contributed by atoms with Crippen LogP contribution in [0.3, 0.4) is 0 Å². The van der Waals surface area contributed by atoms with Crippen molar-refractivity contribution in [3.8, 4) is 0 Å². The Bertz CT molecular complexity index is 903. The van der Waals surface area contributed by atoms with Crippen LogP contribution in [0.5, 0.6) is 0 Å². The average molecular weight is 481 g/mol. The van der Waals surface area contributed by atoms with Crippen molar-refractivity contribution in [1.82, 2.24) is 0 Å². The summed E-state index contributed by atoms with van der Waals surface area (Å²) < 4.78 is 32.5. The van der Waals surface area contributed by atoms with Crippen LogP contribution in [0.15, 0.2) is 30.3 Å². The summed E-state index contributed by atoms with van der Waals surface area (Å²) in [5.41, 5.74) is 5.90. The molecule has 2 N–H and O–H groups in total. The van der Waals surface area contributed by atoms with E-state index in [0.29, 0.717) is 5.56 Å². The number of amides is 1. The van der Waals surface area contributed by atoms with Crippen molar-refractivity contribution >= 4 is 29.8 Å². The van der Waals surface area contributed by atoms with Gasteiger partial charge in [-0.1, -0.05) is 30.3 Å². The van der Waals surface area contributed by atoms with Crippen molar-refractivity contribution in [3.63, 3.8) is 0 Å². The maximum Gasteiger partial charge on any atom is 0.303 e. The molecule has 0 saturated carbocycles. The zero-order chi connectivity index (χ0) is 25.4. The zero-order valence-electron chi connectivity index (χ0n) is 19.1. The van der Waals surface area contributed by atoms with Gasteiger partial charge in [0.15, 0.2) is 24.4 Å². The highest BCUT2D eigenvalue weighted by Gasteiger charge is 2.53. The van der Waals surface area contributed by atoms with Gasteiger partial charge < -0.3 is 34.2 Å². The number of benzene rings is 1. The number of ether oxygens (including phenoxy) is 6. The summed E-state index contributed by atoms with van der Waals surface area (Å²) in [5, 5.41) is 0. The van der Waals surface area contributed by atoms with Gasteiger partial charge in [0, 0.05) is 27.7 Å². The maximum atomic E-state index is 12.2. The molecule has 1 aromatic carbocycles. The van der Waals surface area contributed by atoms with E-state index in [1.54, 1.807) is 30.3 Å². The van der Waals surface area contributed by atoms with Gasteiger partial charge in [0.25, 0.3) is 5.91 Å². The third-order valence-electron chi connectivity index (χ3n) is 4.58. The summed E-state index contributed by atoms with van der Waals surface area (Å²) in [6.07, 6.45) is -8.31. The van der Waals surface area contributed by atoms with Crippen LogP contribution in [0.2, 0.25) is 0 Å². The highest BCUT2D eigenvalue weighted by molar-refractivity contribution is 5.80. The molecule has 12 nitrogen and oxygen atoms in total. The minimum absolute atomic E-state index is 0.378. The Morgan fingerprint density at radius 1 is 0.824 bits per heavy atom. The number of hydrogen-bond acceptors (Lipinski definition) is 11. The normalized spacial score (nSPS) is 24.9. The van der Waals surface area contributed by atoms with Gasteiger partial charge in [-0.25, -0.2) is 0 Å². The van der Waals surface area contributed by atoms with E-state index in [9.17, 15) is 24.0 Å². The van der Waals surface area contributed by atoms with Crippen LogP contribution in [-0.4, -0.2) is 67.1 Å². The average Bonchev–Trinajstić information content (AvgIpc) is 2.73. The molecule has 12 heteroatoms. The number of esters is 4. The van der Waals surface area contributed by atoms with Crippen molar-refractivity contribution < 1.29 is 52.4 Å². The lowest BCUT2D eigenvalue weighted by Gasteiger charge is -2.44. The molecule has 186 valence electrons. The molecule has 1 fully saturated rings. The second-order valence-electron chi connectivity index (χ2n) is 7.40. The molecule has 2 rings (SSSR count). The predicted octanol–water partition coefficient (Wildman–Crippen LogP) is 0.313. The molecule has 1 amide bonds. The van der Waals surface area contributed by atoms with E-state index in [4.69, 9.17) is 34.2 Å². The van der Waals surface area contributed by atoms with Crippen molar-refractivity contribution in [2.75, 3.05) is 6.61 Å². The number of hydrogen-bond donors (Lipinski definition) is 1. The molecule has 1 saturated heterocycles. The van der Waals surface area contributed by atoms with Crippen molar-refractivity contribution in [3.05, 3.63) is 35.9 Å². The van der Waals surface area contributed by atoms with E-state index < -0.39 is 73.2 Å². The van der Waals surface area contributed by atoms with Gasteiger partial charge in [-0.05, 0) is 5.56 Å². The van der Waals surface area contributed by atoms with E-state index in [-0.39, 0.29) is 0 Å². The number of nitrogens with two attached hydrogens (primary N) is 1. The van der Waals surface area contributed by atoms with Crippen LogP contribution in [0.4, 0.5) is 0 Å². The van der Waals surface area contributed by atoms with Crippen molar-refractivity contribution in [1.29, 1.82) is 0 Å². The molecule has 0 unspecified atom stereocenters. The third kappa shape index (κ3) is 7.52. The summed E-state index contributed by atoms with van der Waals surface area (Å²) in [6.45, 7) is 4.02. The molecular formula is C22H27NO11. The number of primary amides is 1. The number of carbonyl (C=O) groups excluding carboxylic acids is 5. The third-order valence-corrected chi connectivity index (χ3v) is 4.58. The summed E-state index contributed by atoms with van der Waals surface area (Å²) in [4.78, 5) is 59.0. The van der Waals surface area contributed by atoms with E-state index in [2.05, 4.69) is 0 Å². The Balaban J connectivity index is 2.50. The fraction of sp³-hybridized carbons (Fsp3) is 0.500. The second-order valence-corrected chi connectivity index (χ2v) is 7.40. The maximum absolute atomic E-state index is 12.2. The molecule has 0 radical (unpaired) electrons. The van der Waals surface area contributed by atoms with Gasteiger partial charge in [-0.3, -0.25) is 24.0 Å². The van der Waals surface area contributed by atoms with Gasteiger partial charge in [0.05, 0.1) is 0 Å². The molecule has 0 aromatic heterocycles. The lowest BCUT2D eigenvalue weighted by molar-refractivity contribution is -0.315. The summed E-state index contributed by atoms with van der Waals surface area (Å²) in [6, 6.07) is 8.20. The Kier molecular flexibility index (Phi) is 9.51. The quantitative estimate of drug-likeness (QED) is 0.381. The van der Waals surface area contributed by atoms with Gasteiger partial charge in [-0.15, -0.1) is 0 Å². The Morgan fingerprint density at radius 2 is 1.35 bits per heavy atom. The van der Waals surface area contributed by atoms with Crippen LogP contribution in [0.1, 0.15) is 39.4 Å². The largest absolute Gasteiger partial charge is 0.463 e. The van der Waals surface area contributed by atoms with Gasteiger partial charge in [0.1, 0.15) is 12.7 Å². The molecule has 1 aliphatic rings. The fourth-order valence-corrected chi connectivity index (χ4v) is 3.37. The molecule has 1 aliphatic heterocycles. The molecule has 0 spiro atoms.